The molecule has 0 aliphatic rings. The van der Waals surface area contributed by atoms with E-state index in [0.717, 1.165) is 18.5 Å². The Kier molecular flexibility index (Phi) is 7.08. The summed E-state index contributed by atoms with van der Waals surface area (Å²) >= 11 is 0. The van der Waals surface area contributed by atoms with Crippen molar-refractivity contribution >= 4 is 5.69 Å². The maximum Gasteiger partial charge on any atom is 0.0712 e. The number of anilines is 1. The lowest BCUT2D eigenvalue weighted by molar-refractivity contribution is 0.173. The Balaban J connectivity index is 2.31. The fraction of sp³-hybridized carbons (Fsp3) is 0.667. The van der Waals surface area contributed by atoms with Crippen LogP contribution < -0.4 is 5.32 Å². The van der Waals surface area contributed by atoms with Crippen molar-refractivity contribution in [2.75, 3.05) is 11.9 Å². The van der Waals surface area contributed by atoms with Gasteiger partial charge in [0, 0.05) is 12.2 Å². The van der Waals surface area contributed by atoms with Gasteiger partial charge in [-0.3, -0.25) is 0 Å². The number of nitrogens with one attached hydrogen (secondary N) is 1. The molecule has 2 heteroatoms. The number of unbranched alkanes of at least 4 members (excludes halogenated alkanes) is 3. The second kappa shape index (κ2) is 8.31. The zero-order valence-corrected chi connectivity index (χ0v) is 13.6. The second-order valence-corrected chi connectivity index (χ2v) is 6.71. The van der Waals surface area contributed by atoms with Gasteiger partial charge in [-0.15, -0.1) is 0 Å². The molecule has 1 rings (SSSR count). The first-order valence-corrected chi connectivity index (χ1v) is 7.96. The molecule has 0 aromatic heterocycles. The fourth-order valence-electron chi connectivity index (χ4n) is 2.23. The van der Waals surface area contributed by atoms with Gasteiger partial charge >= 0.3 is 0 Å². The topological polar surface area (TPSA) is 32.3 Å². The van der Waals surface area contributed by atoms with Crippen molar-refractivity contribution in [3.63, 3.8) is 0 Å². The minimum atomic E-state index is -0.242. The smallest absolute Gasteiger partial charge is 0.0712 e. The molecule has 1 unspecified atom stereocenters. The average molecular weight is 277 g/mol. The zero-order valence-electron chi connectivity index (χ0n) is 13.6. The van der Waals surface area contributed by atoms with Gasteiger partial charge in [-0.1, -0.05) is 65.5 Å². The summed E-state index contributed by atoms with van der Waals surface area (Å²) in [5.41, 5.74) is 2.62. The first kappa shape index (κ1) is 17.0. The summed E-state index contributed by atoms with van der Waals surface area (Å²) in [7, 11) is 0. The van der Waals surface area contributed by atoms with E-state index in [1.807, 2.05) is 0 Å². The van der Waals surface area contributed by atoms with Crippen LogP contribution in [0.2, 0.25) is 0 Å². The third kappa shape index (κ3) is 6.42. The molecule has 0 heterocycles. The molecule has 114 valence electrons. The van der Waals surface area contributed by atoms with Gasteiger partial charge in [0.15, 0.2) is 0 Å². The monoisotopic (exact) mass is 277 g/mol. The van der Waals surface area contributed by atoms with Crippen LogP contribution in [0.25, 0.3) is 0 Å². The van der Waals surface area contributed by atoms with Gasteiger partial charge in [0.1, 0.15) is 0 Å². The standard InChI is InChI=1S/C18H31NO/c1-5-6-7-8-9-17(20)14-19-16-12-10-15(11-13-16)18(2,3)4/h10-13,17,19-20H,5-9,14H2,1-4H3. The van der Waals surface area contributed by atoms with Gasteiger partial charge in [0.25, 0.3) is 0 Å². The Bertz CT molecular complexity index is 364. The zero-order chi connectivity index (χ0) is 15.0. The van der Waals surface area contributed by atoms with Crippen LogP contribution in [0.1, 0.15) is 65.4 Å². The van der Waals surface area contributed by atoms with Crippen LogP contribution in [-0.2, 0) is 5.41 Å². The summed E-state index contributed by atoms with van der Waals surface area (Å²) in [6.45, 7) is 9.50. The number of aliphatic hydroxyl groups excluding tert-OH is 1. The number of aliphatic hydroxyl groups is 1. The van der Waals surface area contributed by atoms with Crippen molar-refractivity contribution in [1.82, 2.24) is 0 Å². The van der Waals surface area contributed by atoms with E-state index in [1.54, 1.807) is 0 Å². The summed E-state index contributed by atoms with van der Waals surface area (Å²) in [5.74, 6) is 0. The van der Waals surface area contributed by atoms with Crippen molar-refractivity contribution in [3.8, 4) is 0 Å². The summed E-state index contributed by atoms with van der Waals surface area (Å²) in [4.78, 5) is 0. The van der Waals surface area contributed by atoms with Gasteiger partial charge < -0.3 is 10.4 Å². The Hall–Kier alpha value is -1.02. The summed E-state index contributed by atoms with van der Waals surface area (Å²) in [5, 5.41) is 13.2. The lowest BCUT2D eigenvalue weighted by Gasteiger charge is -2.19. The molecule has 1 aromatic rings. The summed E-state index contributed by atoms with van der Waals surface area (Å²) < 4.78 is 0. The Labute approximate surface area is 124 Å². The predicted molar refractivity (Wildman–Crippen MR) is 88.4 cm³/mol. The maximum atomic E-state index is 9.93. The molecule has 0 radical (unpaired) electrons. The van der Waals surface area contributed by atoms with Crippen molar-refractivity contribution < 1.29 is 5.11 Å². The summed E-state index contributed by atoms with van der Waals surface area (Å²) in [6.07, 6.45) is 5.53. The van der Waals surface area contributed by atoms with E-state index in [9.17, 15) is 5.11 Å². The van der Waals surface area contributed by atoms with Crippen LogP contribution in [0.4, 0.5) is 5.69 Å². The van der Waals surface area contributed by atoms with Gasteiger partial charge in [0.05, 0.1) is 6.10 Å². The van der Waals surface area contributed by atoms with E-state index in [4.69, 9.17) is 0 Å². The maximum absolute atomic E-state index is 9.93. The molecule has 1 aromatic carbocycles. The molecule has 0 saturated carbocycles. The third-order valence-electron chi connectivity index (χ3n) is 3.68. The van der Waals surface area contributed by atoms with E-state index in [0.29, 0.717) is 6.54 Å². The SMILES string of the molecule is CCCCCCC(O)CNc1ccc(C(C)(C)C)cc1. The number of hydrogen-bond acceptors (Lipinski definition) is 2. The van der Waals surface area contributed by atoms with Crippen LogP contribution in [-0.4, -0.2) is 17.8 Å². The number of hydrogen-bond donors (Lipinski definition) is 2. The lowest BCUT2D eigenvalue weighted by Crippen LogP contribution is -2.19. The average Bonchev–Trinajstić information content (AvgIpc) is 2.41. The molecule has 1 atom stereocenters. The molecule has 0 aliphatic heterocycles. The molecular weight excluding hydrogens is 246 g/mol. The highest BCUT2D eigenvalue weighted by atomic mass is 16.3. The predicted octanol–water partition coefficient (Wildman–Crippen LogP) is 4.73. The normalized spacial score (nSPS) is 13.2. The molecule has 0 bridgehead atoms. The minimum Gasteiger partial charge on any atom is -0.391 e. The highest BCUT2D eigenvalue weighted by Gasteiger charge is 2.12. The molecular formula is C18H31NO. The molecule has 2 nitrogen and oxygen atoms in total. The van der Waals surface area contributed by atoms with Crippen molar-refractivity contribution in [3.05, 3.63) is 29.8 Å². The van der Waals surface area contributed by atoms with Gasteiger partial charge in [0.2, 0.25) is 0 Å². The number of rotatable bonds is 8. The van der Waals surface area contributed by atoms with Crippen LogP contribution >= 0.6 is 0 Å². The third-order valence-corrected chi connectivity index (χ3v) is 3.68. The Morgan fingerprint density at radius 1 is 1.05 bits per heavy atom. The van der Waals surface area contributed by atoms with Gasteiger partial charge in [-0.05, 0) is 29.5 Å². The highest BCUT2D eigenvalue weighted by molar-refractivity contribution is 5.45. The quantitative estimate of drug-likeness (QED) is 0.673. The van der Waals surface area contributed by atoms with Crippen LogP contribution in [0, 0.1) is 0 Å². The first-order valence-electron chi connectivity index (χ1n) is 7.96. The molecule has 0 amide bonds. The largest absolute Gasteiger partial charge is 0.391 e. The van der Waals surface area contributed by atoms with E-state index >= 15 is 0 Å². The molecule has 0 fully saturated rings. The Morgan fingerprint density at radius 3 is 2.25 bits per heavy atom. The molecule has 0 saturated heterocycles. The van der Waals surface area contributed by atoms with Crippen LogP contribution in [0.15, 0.2) is 24.3 Å². The van der Waals surface area contributed by atoms with Crippen molar-refractivity contribution in [1.29, 1.82) is 0 Å². The van der Waals surface area contributed by atoms with E-state index in [-0.39, 0.29) is 11.5 Å². The lowest BCUT2D eigenvalue weighted by atomic mass is 9.87. The van der Waals surface area contributed by atoms with Crippen LogP contribution in [0.3, 0.4) is 0 Å². The van der Waals surface area contributed by atoms with Crippen LogP contribution in [0.5, 0.6) is 0 Å². The highest BCUT2D eigenvalue weighted by Crippen LogP contribution is 2.23. The first-order chi connectivity index (χ1) is 9.43. The van der Waals surface area contributed by atoms with Crippen molar-refractivity contribution in [2.24, 2.45) is 0 Å². The Morgan fingerprint density at radius 2 is 1.70 bits per heavy atom. The molecule has 2 N–H and O–H groups in total. The van der Waals surface area contributed by atoms with E-state index in [2.05, 4.69) is 57.3 Å². The van der Waals surface area contributed by atoms with Gasteiger partial charge in [-0.25, -0.2) is 0 Å². The fourth-order valence-corrected chi connectivity index (χ4v) is 2.23. The molecule has 20 heavy (non-hydrogen) atoms. The number of benzene rings is 1. The molecule has 0 aliphatic carbocycles. The van der Waals surface area contributed by atoms with Crippen molar-refractivity contribution in [2.45, 2.75) is 71.3 Å². The minimum absolute atomic E-state index is 0.192. The molecule has 0 spiro atoms. The second-order valence-electron chi connectivity index (χ2n) is 6.71. The van der Waals surface area contributed by atoms with E-state index in [1.165, 1.54) is 24.8 Å². The van der Waals surface area contributed by atoms with Gasteiger partial charge in [-0.2, -0.15) is 0 Å². The van der Waals surface area contributed by atoms with E-state index < -0.39 is 0 Å². The summed E-state index contributed by atoms with van der Waals surface area (Å²) in [6, 6.07) is 8.53.